The van der Waals surface area contributed by atoms with E-state index in [1.54, 1.807) is 25.4 Å². The van der Waals surface area contributed by atoms with Gasteiger partial charge in [-0.1, -0.05) is 19.3 Å². The molecule has 2 aromatic rings. The molecule has 0 radical (unpaired) electrons. The van der Waals surface area contributed by atoms with Crippen LogP contribution in [0.15, 0.2) is 29.3 Å². The van der Waals surface area contributed by atoms with Crippen molar-refractivity contribution in [3.05, 3.63) is 46.1 Å². The Balaban J connectivity index is 1.78. The number of amides is 1. The summed E-state index contributed by atoms with van der Waals surface area (Å²) in [4.78, 5) is 38.2. The largest absolute Gasteiger partial charge is 0.342 e. The quantitative estimate of drug-likeness (QED) is 0.927. The predicted molar refractivity (Wildman–Crippen MR) is 96.2 cm³/mol. The van der Waals surface area contributed by atoms with Crippen LogP contribution in [0.2, 0.25) is 0 Å². The third-order valence-electron chi connectivity index (χ3n) is 5.00. The second-order valence-electron chi connectivity index (χ2n) is 6.69. The van der Waals surface area contributed by atoms with E-state index in [2.05, 4.69) is 15.0 Å². The maximum absolute atomic E-state index is 12.6. The van der Waals surface area contributed by atoms with Crippen LogP contribution in [0.1, 0.15) is 43.4 Å². The SMILES string of the molecule is Cc1nc(-c2cccnc2)[nH]c(=O)c1CC(=O)N(C)C1CCCCC1. The highest BCUT2D eigenvalue weighted by molar-refractivity contribution is 5.79. The summed E-state index contributed by atoms with van der Waals surface area (Å²) in [7, 11) is 1.85. The molecule has 0 aromatic carbocycles. The van der Waals surface area contributed by atoms with Gasteiger partial charge >= 0.3 is 0 Å². The molecule has 132 valence electrons. The highest BCUT2D eigenvalue weighted by atomic mass is 16.2. The van der Waals surface area contributed by atoms with Crippen LogP contribution >= 0.6 is 0 Å². The molecule has 3 rings (SSSR count). The van der Waals surface area contributed by atoms with Crippen molar-refractivity contribution in [1.29, 1.82) is 0 Å². The highest BCUT2D eigenvalue weighted by Gasteiger charge is 2.23. The molecule has 0 spiro atoms. The smallest absolute Gasteiger partial charge is 0.255 e. The first kappa shape index (κ1) is 17.3. The minimum Gasteiger partial charge on any atom is -0.342 e. The van der Waals surface area contributed by atoms with Gasteiger partial charge in [-0.2, -0.15) is 0 Å². The molecule has 2 aromatic heterocycles. The summed E-state index contributed by atoms with van der Waals surface area (Å²) in [5.74, 6) is 0.462. The van der Waals surface area contributed by atoms with Crippen LogP contribution in [0.25, 0.3) is 11.4 Å². The van der Waals surface area contributed by atoms with Gasteiger partial charge in [-0.3, -0.25) is 14.6 Å². The Morgan fingerprint density at radius 2 is 2.08 bits per heavy atom. The zero-order valence-electron chi connectivity index (χ0n) is 14.8. The minimum absolute atomic E-state index is 0.0172. The van der Waals surface area contributed by atoms with Gasteiger partial charge in [0.05, 0.1) is 6.42 Å². The third-order valence-corrected chi connectivity index (χ3v) is 5.00. The molecule has 25 heavy (non-hydrogen) atoms. The van der Waals surface area contributed by atoms with Gasteiger partial charge < -0.3 is 9.88 Å². The lowest BCUT2D eigenvalue weighted by Gasteiger charge is -2.31. The average Bonchev–Trinajstić information content (AvgIpc) is 2.65. The van der Waals surface area contributed by atoms with Crippen molar-refractivity contribution in [2.75, 3.05) is 7.05 Å². The molecule has 1 N–H and O–H groups in total. The van der Waals surface area contributed by atoms with Crippen LogP contribution in [0.5, 0.6) is 0 Å². The van der Waals surface area contributed by atoms with Gasteiger partial charge in [0.1, 0.15) is 5.82 Å². The van der Waals surface area contributed by atoms with Crippen molar-refractivity contribution < 1.29 is 4.79 Å². The monoisotopic (exact) mass is 340 g/mol. The van der Waals surface area contributed by atoms with Crippen LogP contribution in [0.3, 0.4) is 0 Å². The maximum Gasteiger partial charge on any atom is 0.255 e. The van der Waals surface area contributed by atoms with E-state index in [4.69, 9.17) is 0 Å². The molecule has 0 atom stereocenters. The molecule has 1 aliphatic carbocycles. The molecule has 0 aliphatic heterocycles. The minimum atomic E-state index is -0.253. The Morgan fingerprint density at radius 3 is 2.72 bits per heavy atom. The number of likely N-dealkylation sites (N-methyl/N-ethyl adjacent to an activating group) is 1. The Morgan fingerprint density at radius 1 is 1.32 bits per heavy atom. The van der Waals surface area contributed by atoms with Crippen molar-refractivity contribution >= 4 is 5.91 Å². The fourth-order valence-corrected chi connectivity index (χ4v) is 3.41. The number of pyridine rings is 1. The van der Waals surface area contributed by atoms with E-state index in [9.17, 15) is 9.59 Å². The second kappa shape index (κ2) is 7.59. The Kier molecular flexibility index (Phi) is 5.26. The van der Waals surface area contributed by atoms with Crippen LogP contribution < -0.4 is 5.56 Å². The van der Waals surface area contributed by atoms with Gasteiger partial charge in [0.2, 0.25) is 5.91 Å². The third kappa shape index (κ3) is 3.95. The van der Waals surface area contributed by atoms with Crippen molar-refractivity contribution in [1.82, 2.24) is 19.9 Å². The second-order valence-corrected chi connectivity index (χ2v) is 6.69. The lowest BCUT2D eigenvalue weighted by Crippen LogP contribution is -2.40. The fourth-order valence-electron chi connectivity index (χ4n) is 3.41. The number of carbonyl (C=O) groups excluding carboxylic acids is 1. The number of carbonyl (C=O) groups is 1. The number of nitrogens with zero attached hydrogens (tertiary/aromatic N) is 3. The number of nitrogens with one attached hydrogen (secondary N) is 1. The Labute approximate surface area is 147 Å². The molecule has 1 amide bonds. The van der Waals surface area contributed by atoms with Gasteiger partial charge in [0.15, 0.2) is 0 Å². The summed E-state index contributed by atoms with van der Waals surface area (Å²) < 4.78 is 0. The van der Waals surface area contributed by atoms with Gasteiger partial charge in [0.25, 0.3) is 5.56 Å². The molecule has 0 unspecified atom stereocenters. The average molecular weight is 340 g/mol. The fraction of sp³-hybridized carbons (Fsp3) is 0.474. The van der Waals surface area contributed by atoms with E-state index in [1.807, 2.05) is 18.0 Å². The van der Waals surface area contributed by atoms with E-state index in [-0.39, 0.29) is 17.9 Å². The van der Waals surface area contributed by atoms with Gasteiger partial charge in [-0.15, -0.1) is 0 Å². The summed E-state index contributed by atoms with van der Waals surface area (Å²) in [6.07, 6.45) is 9.10. The number of rotatable bonds is 4. The molecule has 0 saturated heterocycles. The predicted octanol–water partition coefficient (Wildman–Crippen LogP) is 2.47. The summed E-state index contributed by atoms with van der Waals surface area (Å²) >= 11 is 0. The molecule has 1 saturated carbocycles. The van der Waals surface area contributed by atoms with Crippen LogP contribution in [-0.4, -0.2) is 38.8 Å². The van der Waals surface area contributed by atoms with Crippen molar-refractivity contribution in [3.63, 3.8) is 0 Å². The lowest BCUT2D eigenvalue weighted by atomic mass is 9.94. The number of aryl methyl sites for hydroxylation is 1. The van der Waals surface area contributed by atoms with Crippen LogP contribution in [0.4, 0.5) is 0 Å². The molecule has 1 aliphatic rings. The van der Waals surface area contributed by atoms with Crippen molar-refractivity contribution in [3.8, 4) is 11.4 Å². The van der Waals surface area contributed by atoms with Crippen LogP contribution in [0, 0.1) is 6.92 Å². The highest BCUT2D eigenvalue weighted by Crippen LogP contribution is 2.22. The zero-order valence-corrected chi connectivity index (χ0v) is 14.8. The van der Waals surface area contributed by atoms with E-state index >= 15 is 0 Å². The Bertz CT molecular complexity index is 795. The number of aromatic nitrogens is 3. The standard InChI is InChI=1S/C19H24N4O2/c1-13-16(11-17(24)23(2)15-8-4-3-5-9-15)19(25)22-18(21-13)14-7-6-10-20-12-14/h6-7,10,12,15H,3-5,8-9,11H2,1-2H3,(H,21,22,25). The summed E-state index contributed by atoms with van der Waals surface area (Å²) in [6, 6.07) is 3.93. The first-order valence-electron chi connectivity index (χ1n) is 8.82. The van der Waals surface area contributed by atoms with E-state index < -0.39 is 0 Å². The number of aromatic amines is 1. The van der Waals surface area contributed by atoms with Crippen molar-refractivity contribution in [2.24, 2.45) is 0 Å². The topological polar surface area (TPSA) is 79.0 Å². The lowest BCUT2D eigenvalue weighted by molar-refractivity contribution is -0.131. The normalized spacial score (nSPS) is 15.1. The van der Waals surface area contributed by atoms with E-state index in [1.165, 1.54) is 19.3 Å². The summed E-state index contributed by atoms with van der Waals surface area (Å²) in [5.41, 5.74) is 1.53. The van der Waals surface area contributed by atoms with E-state index in [0.29, 0.717) is 23.1 Å². The van der Waals surface area contributed by atoms with Gasteiger partial charge in [0, 0.05) is 42.3 Å². The number of hydrogen-bond donors (Lipinski definition) is 1. The number of H-pyrrole nitrogens is 1. The molecule has 6 heteroatoms. The molecule has 2 heterocycles. The summed E-state index contributed by atoms with van der Waals surface area (Å²) in [6.45, 7) is 1.78. The first-order valence-corrected chi connectivity index (χ1v) is 8.82. The molecule has 0 bridgehead atoms. The first-order chi connectivity index (χ1) is 12.1. The summed E-state index contributed by atoms with van der Waals surface area (Å²) in [5, 5.41) is 0. The van der Waals surface area contributed by atoms with Gasteiger partial charge in [-0.05, 0) is 31.9 Å². The maximum atomic E-state index is 12.6. The molecule has 6 nitrogen and oxygen atoms in total. The molecular weight excluding hydrogens is 316 g/mol. The van der Waals surface area contributed by atoms with E-state index in [0.717, 1.165) is 18.4 Å². The van der Waals surface area contributed by atoms with Gasteiger partial charge in [-0.25, -0.2) is 4.98 Å². The van der Waals surface area contributed by atoms with Crippen molar-refractivity contribution in [2.45, 2.75) is 51.5 Å². The number of hydrogen-bond acceptors (Lipinski definition) is 4. The zero-order chi connectivity index (χ0) is 17.8. The van der Waals surface area contributed by atoms with Crippen LogP contribution in [-0.2, 0) is 11.2 Å². The molecular formula is C19H24N4O2. The molecule has 1 fully saturated rings. The Hall–Kier alpha value is -2.50.